The van der Waals surface area contributed by atoms with E-state index in [1.165, 1.54) is 0 Å². The smallest absolute Gasteiger partial charge is 0.257 e. The number of para-hydroxylation sites is 1. The second kappa shape index (κ2) is 7.51. The molecular weight excluding hydrogens is 348 g/mol. The number of benzene rings is 2. The number of oxazole rings is 1. The Kier molecular flexibility index (Phi) is 4.95. The molecule has 3 aromatic rings. The van der Waals surface area contributed by atoms with E-state index in [4.69, 9.17) is 9.15 Å². The van der Waals surface area contributed by atoms with Crippen LogP contribution >= 0.6 is 11.8 Å². The van der Waals surface area contributed by atoms with E-state index in [1.54, 1.807) is 11.8 Å². The molecule has 6 heteroatoms. The van der Waals surface area contributed by atoms with E-state index in [-0.39, 0.29) is 5.91 Å². The quantitative estimate of drug-likeness (QED) is 0.654. The number of amides is 1. The van der Waals surface area contributed by atoms with E-state index in [0.29, 0.717) is 37.3 Å². The molecule has 0 radical (unpaired) electrons. The van der Waals surface area contributed by atoms with Crippen LogP contribution in [0.15, 0.2) is 52.1 Å². The molecule has 0 unspecified atom stereocenters. The number of carbonyl (C=O) groups is 1. The van der Waals surface area contributed by atoms with Crippen LogP contribution < -0.4 is 0 Å². The van der Waals surface area contributed by atoms with Crippen LogP contribution in [0, 0.1) is 6.92 Å². The van der Waals surface area contributed by atoms with Crippen molar-refractivity contribution in [2.75, 3.05) is 26.3 Å². The zero-order valence-corrected chi connectivity index (χ0v) is 15.4. The number of hydrogen-bond donors (Lipinski definition) is 0. The Hall–Kier alpha value is -2.31. The summed E-state index contributed by atoms with van der Waals surface area (Å²) in [5.74, 6) is 0.772. The lowest BCUT2D eigenvalue weighted by Crippen LogP contribution is -2.40. The predicted molar refractivity (Wildman–Crippen MR) is 101 cm³/mol. The van der Waals surface area contributed by atoms with Gasteiger partial charge < -0.3 is 14.1 Å². The van der Waals surface area contributed by atoms with E-state index in [1.807, 2.05) is 54.3 Å². The van der Waals surface area contributed by atoms with E-state index >= 15 is 0 Å². The summed E-state index contributed by atoms with van der Waals surface area (Å²) >= 11 is 1.54. The third kappa shape index (κ3) is 3.61. The molecule has 26 heavy (non-hydrogen) atoms. The fourth-order valence-electron chi connectivity index (χ4n) is 3.02. The lowest BCUT2D eigenvalue weighted by Gasteiger charge is -2.27. The van der Waals surface area contributed by atoms with Gasteiger partial charge in [0.2, 0.25) is 0 Å². The van der Waals surface area contributed by atoms with Crippen LogP contribution in [0.5, 0.6) is 0 Å². The molecule has 5 nitrogen and oxygen atoms in total. The number of morpholine rings is 1. The zero-order chi connectivity index (χ0) is 17.9. The van der Waals surface area contributed by atoms with Crippen molar-refractivity contribution in [2.24, 2.45) is 0 Å². The minimum atomic E-state index is 0.0673. The summed E-state index contributed by atoms with van der Waals surface area (Å²) in [6, 6.07) is 13.7. The van der Waals surface area contributed by atoms with Crippen molar-refractivity contribution in [1.29, 1.82) is 0 Å². The fraction of sp³-hybridized carbons (Fsp3) is 0.300. The molecule has 0 bridgehead atoms. The molecule has 134 valence electrons. The summed E-state index contributed by atoms with van der Waals surface area (Å²) in [7, 11) is 0. The van der Waals surface area contributed by atoms with Gasteiger partial charge in [-0.2, -0.15) is 0 Å². The van der Waals surface area contributed by atoms with Gasteiger partial charge in [-0.1, -0.05) is 36.0 Å². The second-order valence-corrected chi connectivity index (χ2v) is 7.22. The van der Waals surface area contributed by atoms with Gasteiger partial charge in [-0.05, 0) is 36.2 Å². The van der Waals surface area contributed by atoms with Gasteiger partial charge in [0.15, 0.2) is 5.58 Å². The standard InChI is InChI=1S/C20H20N2O3S/c1-14-4-2-7-17-18(14)21-20(25-17)26-13-15-5-3-6-16(12-15)19(23)22-8-10-24-11-9-22/h2-7,12H,8-11,13H2,1H3. The molecule has 1 saturated heterocycles. The third-order valence-electron chi connectivity index (χ3n) is 4.44. The zero-order valence-electron chi connectivity index (χ0n) is 14.6. The molecule has 0 saturated carbocycles. The summed E-state index contributed by atoms with van der Waals surface area (Å²) in [4.78, 5) is 19.0. The van der Waals surface area contributed by atoms with Gasteiger partial charge in [0.1, 0.15) is 5.52 Å². The van der Waals surface area contributed by atoms with Crippen LogP contribution in [0.1, 0.15) is 21.5 Å². The molecule has 2 heterocycles. The molecule has 1 amide bonds. The van der Waals surface area contributed by atoms with Crippen molar-refractivity contribution in [3.63, 3.8) is 0 Å². The van der Waals surface area contributed by atoms with Crippen molar-refractivity contribution >= 4 is 28.8 Å². The number of carbonyl (C=O) groups excluding carboxylic acids is 1. The van der Waals surface area contributed by atoms with Crippen molar-refractivity contribution < 1.29 is 13.9 Å². The first-order valence-electron chi connectivity index (χ1n) is 8.65. The molecule has 0 N–H and O–H groups in total. The van der Waals surface area contributed by atoms with Gasteiger partial charge in [0.05, 0.1) is 13.2 Å². The Morgan fingerprint density at radius 2 is 2.00 bits per heavy atom. The topological polar surface area (TPSA) is 55.6 Å². The van der Waals surface area contributed by atoms with Crippen LogP contribution in [0.2, 0.25) is 0 Å². The normalized spacial score (nSPS) is 14.7. The van der Waals surface area contributed by atoms with Crippen LogP contribution in [-0.2, 0) is 10.5 Å². The van der Waals surface area contributed by atoms with Crippen LogP contribution in [0.3, 0.4) is 0 Å². The van der Waals surface area contributed by atoms with Gasteiger partial charge in [-0.3, -0.25) is 4.79 Å². The average Bonchev–Trinajstić information content (AvgIpc) is 3.11. The third-order valence-corrected chi connectivity index (χ3v) is 5.33. The number of thioether (sulfide) groups is 1. The maximum absolute atomic E-state index is 12.6. The van der Waals surface area contributed by atoms with E-state index in [2.05, 4.69) is 4.98 Å². The highest BCUT2D eigenvalue weighted by Gasteiger charge is 2.18. The summed E-state index contributed by atoms with van der Waals surface area (Å²) in [5.41, 5.74) is 4.62. The highest BCUT2D eigenvalue weighted by Crippen LogP contribution is 2.28. The number of fused-ring (bicyclic) bond motifs is 1. The molecule has 1 aromatic heterocycles. The van der Waals surface area contributed by atoms with E-state index < -0.39 is 0 Å². The van der Waals surface area contributed by atoms with Crippen molar-refractivity contribution in [1.82, 2.24) is 9.88 Å². The van der Waals surface area contributed by atoms with Crippen molar-refractivity contribution in [3.05, 3.63) is 59.2 Å². The molecule has 0 atom stereocenters. The van der Waals surface area contributed by atoms with Crippen LogP contribution in [0.25, 0.3) is 11.1 Å². The Labute approximate surface area is 156 Å². The van der Waals surface area contributed by atoms with Crippen molar-refractivity contribution in [2.45, 2.75) is 17.9 Å². The number of aromatic nitrogens is 1. The van der Waals surface area contributed by atoms with E-state index in [9.17, 15) is 4.79 Å². The lowest BCUT2D eigenvalue weighted by atomic mass is 10.1. The Morgan fingerprint density at radius 1 is 1.19 bits per heavy atom. The van der Waals surface area contributed by atoms with Gasteiger partial charge in [-0.25, -0.2) is 4.98 Å². The first-order valence-corrected chi connectivity index (χ1v) is 9.64. The molecule has 4 rings (SSSR count). The molecule has 0 spiro atoms. The average molecular weight is 368 g/mol. The summed E-state index contributed by atoms with van der Waals surface area (Å²) in [6.45, 7) is 4.55. The lowest BCUT2D eigenvalue weighted by molar-refractivity contribution is 0.0303. The van der Waals surface area contributed by atoms with Gasteiger partial charge in [0.25, 0.3) is 11.1 Å². The predicted octanol–water partition coefficient (Wildman–Crippen LogP) is 3.90. The highest BCUT2D eigenvalue weighted by molar-refractivity contribution is 7.98. The van der Waals surface area contributed by atoms with Crippen LogP contribution in [-0.4, -0.2) is 42.1 Å². The largest absolute Gasteiger partial charge is 0.431 e. The van der Waals surface area contributed by atoms with Crippen molar-refractivity contribution in [3.8, 4) is 0 Å². The molecule has 1 aliphatic rings. The number of ether oxygens (including phenoxy) is 1. The monoisotopic (exact) mass is 368 g/mol. The van der Waals surface area contributed by atoms with Crippen LogP contribution in [0.4, 0.5) is 0 Å². The first kappa shape index (κ1) is 17.1. The molecule has 2 aromatic carbocycles. The first-order chi connectivity index (χ1) is 12.7. The molecule has 1 fully saturated rings. The number of aryl methyl sites for hydroxylation is 1. The maximum atomic E-state index is 12.6. The number of hydrogen-bond acceptors (Lipinski definition) is 5. The Morgan fingerprint density at radius 3 is 2.81 bits per heavy atom. The minimum absolute atomic E-state index is 0.0673. The fourth-order valence-corrected chi connectivity index (χ4v) is 3.79. The van der Waals surface area contributed by atoms with E-state index in [0.717, 1.165) is 27.8 Å². The Balaban J connectivity index is 1.46. The molecule has 0 aliphatic carbocycles. The Bertz CT molecular complexity index is 932. The maximum Gasteiger partial charge on any atom is 0.257 e. The minimum Gasteiger partial charge on any atom is -0.431 e. The number of rotatable bonds is 4. The highest BCUT2D eigenvalue weighted by atomic mass is 32.2. The van der Waals surface area contributed by atoms with Gasteiger partial charge in [0, 0.05) is 24.4 Å². The second-order valence-electron chi connectivity index (χ2n) is 6.30. The summed E-state index contributed by atoms with van der Waals surface area (Å²) < 4.78 is 11.1. The molecule has 1 aliphatic heterocycles. The van der Waals surface area contributed by atoms with Gasteiger partial charge in [-0.15, -0.1) is 0 Å². The number of nitrogens with zero attached hydrogens (tertiary/aromatic N) is 2. The summed E-state index contributed by atoms with van der Waals surface area (Å²) in [5, 5.41) is 0.652. The SMILES string of the molecule is Cc1cccc2oc(SCc3cccc(C(=O)N4CCOCC4)c3)nc12. The summed E-state index contributed by atoms with van der Waals surface area (Å²) in [6.07, 6.45) is 0. The molecular formula is C20H20N2O3S. The van der Waals surface area contributed by atoms with Gasteiger partial charge >= 0.3 is 0 Å².